The largest absolute Gasteiger partial charge is 0.490 e. The number of carbonyl (C=O) groups excluding carboxylic acids is 1. The van der Waals surface area contributed by atoms with E-state index in [9.17, 15) is 4.79 Å². The Morgan fingerprint density at radius 1 is 1.58 bits per heavy atom. The highest BCUT2D eigenvalue weighted by atomic mass is 32.2. The van der Waals surface area contributed by atoms with Gasteiger partial charge in [-0.15, -0.1) is 10.2 Å². The van der Waals surface area contributed by atoms with E-state index in [0.29, 0.717) is 24.3 Å². The van der Waals surface area contributed by atoms with Crippen LogP contribution in [0.2, 0.25) is 0 Å². The first kappa shape index (κ1) is 7.54. The summed E-state index contributed by atoms with van der Waals surface area (Å²) in [5, 5.41) is 8.31. The van der Waals surface area contributed by atoms with Gasteiger partial charge >= 0.3 is 0 Å². The van der Waals surface area contributed by atoms with Crippen molar-refractivity contribution in [3.63, 3.8) is 0 Å². The molecule has 12 heavy (non-hydrogen) atoms. The van der Waals surface area contributed by atoms with Gasteiger partial charge in [-0.05, 0) is 0 Å². The molecular weight excluding hydrogens is 176 g/mol. The smallest absolute Gasteiger partial charge is 0.170 e. The van der Waals surface area contributed by atoms with Crippen LogP contribution in [0.25, 0.3) is 0 Å². The van der Waals surface area contributed by atoms with E-state index >= 15 is 0 Å². The summed E-state index contributed by atoms with van der Waals surface area (Å²) in [6, 6.07) is 1.61. The molecule has 0 bridgehead atoms. The van der Waals surface area contributed by atoms with Gasteiger partial charge in [0.1, 0.15) is 5.69 Å². The molecule has 2 heterocycles. The standard InChI is InChI=1S/C7H6N2O2S/c10-4-5-3-6-7(9-8-5)12-2-1-11-6/h3-4H,1-2H2. The first-order valence-corrected chi connectivity index (χ1v) is 4.47. The SMILES string of the molecule is O=Cc1cc2c(nn1)SCCO2. The van der Waals surface area contributed by atoms with Crippen LogP contribution in [-0.2, 0) is 0 Å². The topological polar surface area (TPSA) is 52.1 Å². The van der Waals surface area contributed by atoms with E-state index in [2.05, 4.69) is 10.2 Å². The third kappa shape index (κ3) is 1.27. The van der Waals surface area contributed by atoms with Crippen LogP contribution in [0.1, 0.15) is 10.5 Å². The molecule has 0 unspecified atom stereocenters. The summed E-state index contributed by atoms with van der Waals surface area (Å²) in [5.74, 6) is 1.56. The molecule has 0 radical (unpaired) electrons. The number of aromatic nitrogens is 2. The summed E-state index contributed by atoms with van der Waals surface area (Å²) in [6.07, 6.45) is 0.663. The van der Waals surface area contributed by atoms with Gasteiger partial charge in [0, 0.05) is 11.8 Å². The fourth-order valence-corrected chi connectivity index (χ4v) is 1.65. The zero-order chi connectivity index (χ0) is 8.39. The van der Waals surface area contributed by atoms with E-state index in [-0.39, 0.29) is 0 Å². The molecule has 62 valence electrons. The predicted octanol–water partition coefficient (Wildman–Crippen LogP) is 0.774. The fraction of sp³-hybridized carbons (Fsp3) is 0.286. The number of aldehydes is 1. The van der Waals surface area contributed by atoms with Crippen molar-refractivity contribution >= 4 is 18.0 Å². The average Bonchev–Trinajstić information content (AvgIpc) is 2.17. The first-order chi connectivity index (χ1) is 5.90. The summed E-state index contributed by atoms with van der Waals surface area (Å²) in [5.41, 5.74) is 0.316. The van der Waals surface area contributed by atoms with Gasteiger partial charge in [-0.3, -0.25) is 4.79 Å². The normalized spacial score (nSPS) is 14.7. The molecule has 1 aromatic rings. The van der Waals surface area contributed by atoms with E-state index in [0.717, 1.165) is 10.8 Å². The molecule has 0 amide bonds. The lowest BCUT2D eigenvalue weighted by Gasteiger charge is -2.14. The Morgan fingerprint density at radius 2 is 2.50 bits per heavy atom. The second kappa shape index (κ2) is 3.10. The lowest BCUT2D eigenvalue weighted by molar-refractivity contribution is 0.111. The van der Waals surface area contributed by atoms with E-state index in [4.69, 9.17) is 4.74 Å². The first-order valence-electron chi connectivity index (χ1n) is 3.48. The maximum Gasteiger partial charge on any atom is 0.170 e. The Morgan fingerprint density at radius 3 is 3.33 bits per heavy atom. The molecule has 1 aromatic heterocycles. The van der Waals surface area contributed by atoms with Crippen LogP contribution in [0.4, 0.5) is 0 Å². The van der Waals surface area contributed by atoms with Crippen molar-refractivity contribution in [2.24, 2.45) is 0 Å². The maximum atomic E-state index is 10.3. The highest BCUT2D eigenvalue weighted by molar-refractivity contribution is 7.99. The molecule has 0 fully saturated rings. The Hall–Kier alpha value is -1.10. The van der Waals surface area contributed by atoms with Crippen LogP contribution in [0, 0.1) is 0 Å². The van der Waals surface area contributed by atoms with Crippen LogP contribution in [0.15, 0.2) is 11.1 Å². The van der Waals surface area contributed by atoms with Crippen molar-refractivity contribution in [3.8, 4) is 5.75 Å². The van der Waals surface area contributed by atoms with Crippen LogP contribution < -0.4 is 4.74 Å². The zero-order valence-electron chi connectivity index (χ0n) is 6.19. The molecule has 0 N–H and O–H groups in total. The Bertz CT molecular complexity index is 316. The van der Waals surface area contributed by atoms with Gasteiger partial charge in [0.25, 0.3) is 0 Å². The fourth-order valence-electron chi connectivity index (χ4n) is 0.928. The van der Waals surface area contributed by atoms with E-state index in [1.54, 1.807) is 17.8 Å². The van der Waals surface area contributed by atoms with Crippen molar-refractivity contribution in [1.82, 2.24) is 10.2 Å². The number of nitrogens with zero attached hydrogens (tertiary/aromatic N) is 2. The molecule has 5 heteroatoms. The molecule has 0 saturated heterocycles. The number of carbonyl (C=O) groups is 1. The second-order valence-electron chi connectivity index (χ2n) is 2.25. The van der Waals surface area contributed by atoms with Gasteiger partial charge in [0.05, 0.1) is 6.61 Å². The number of hydrogen-bond acceptors (Lipinski definition) is 5. The zero-order valence-corrected chi connectivity index (χ0v) is 7.00. The van der Waals surface area contributed by atoms with E-state index < -0.39 is 0 Å². The number of thioether (sulfide) groups is 1. The Balaban J connectivity index is 2.42. The molecule has 2 rings (SSSR count). The van der Waals surface area contributed by atoms with Gasteiger partial charge in [-0.1, -0.05) is 11.8 Å². The summed E-state index contributed by atoms with van der Waals surface area (Å²) in [4.78, 5) is 10.3. The van der Waals surface area contributed by atoms with Crippen molar-refractivity contribution in [3.05, 3.63) is 11.8 Å². The van der Waals surface area contributed by atoms with Crippen LogP contribution in [0.3, 0.4) is 0 Å². The number of ether oxygens (including phenoxy) is 1. The highest BCUT2D eigenvalue weighted by Crippen LogP contribution is 2.30. The second-order valence-corrected chi connectivity index (χ2v) is 3.34. The van der Waals surface area contributed by atoms with Crippen molar-refractivity contribution < 1.29 is 9.53 Å². The number of hydrogen-bond donors (Lipinski definition) is 0. The maximum absolute atomic E-state index is 10.3. The van der Waals surface area contributed by atoms with Crippen molar-refractivity contribution in [1.29, 1.82) is 0 Å². The average molecular weight is 182 g/mol. The highest BCUT2D eigenvalue weighted by Gasteiger charge is 2.13. The quantitative estimate of drug-likeness (QED) is 0.600. The summed E-state index contributed by atoms with van der Waals surface area (Å²) < 4.78 is 5.28. The number of rotatable bonds is 1. The third-order valence-corrected chi connectivity index (χ3v) is 2.37. The Labute approximate surface area is 73.3 Å². The summed E-state index contributed by atoms with van der Waals surface area (Å²) >= 11 is 1.59. The molecule has 0 atom stereocenters. The van der Waals surface area contributed by atoms with Gasteiger partial charge in [-0.2, -0.15) is 0 Å². The minimum absolute atomic E-state index is 0.316. The minimum atomic E-state index is 0.316. The van der Waals surface area contributed by atoms with Crippen LogP contribution >= 0.6 is 11.8 Å². The van der Waals surface area contributed by atoms with Gasteiger partial charge in [-0.25, -0.2) is 0 Å². The lowest BCUT2D eigenvalue weighted by Crippen LogP contribution is -2.09. The molecule has 1 aliphatic rings. The number of fused-ring (bicyclic) bond motifs is 1. The van der Waals surface area contributed by atoms with E-state index in [1.165, 1.54) is 0 Å². The van der Waals surface area contributed by atoms with Gasteiger partial charge in [0.2, 0.25) is 0 Å². The van der Waals surface area contributed by atoms with Crippen LogP contribution in [0.5, 0.6) is 5.75 Å². The molecule has 0 aromatic carbocycles. The molecule has 4 nitrogen and oxygen atoms in total. The monoisotopic (exact) mass is 182 g/mol. The van der Waals surface area contributed by atoms with Gasteiger partial charge in [0.15, 0.2) is 17.1 Å². The Kier molecular flexibility index (Phi) is 1.95. The summed E-state index contributed by atoms with van der Waals surface area (Å²) in [7, 11) is 0. The van der Waals surface area contributed by atoms with E-state index in [1.807, 2.05) is 0 Å². The van der Waals surface area contributed by atoms with Crippen molar-refractivity contribution in [2.45, 2.75) is 5.03 Å². The van der Waals surface area contributed by atoms with Crippen LogP contribution in [-0.4, -0.2) is 28.8 Å². The third-order valence-electron chi connectivity index (χ3n) is 1.45. The lowest BCUT2D eigenvalue weighted by atomic mass is 10.4. The summed E-state index contributed by atoms with van der Waals surface area (Å²) in [6.45, 7) is 0.668. The molecule has 0 spiro atoms. The molecular formula is C7H6N2O2S. The van der Waals surface area contributed by atoms with Crippen molar-refractivity contribution in [2.75, 3.05) is 12.4 Å². The minimum Gasteiger partial charge on any atom is -0.490 e. The predicted molar refractivity (Wildman–Crippen MR) is 43.6 cm³/mol. The molecule has 0 saturated carbocycles. The van der Waals surface area contributed by atoms with Gasteiger partial charge < -0.3 is 4.74 Å². The molecule has 0 aliphatic carbocycles. The molecule has 1 aliphatic heterocycles.